The molecule has 0 aliphatic heterocycles. The SMILES string of the molecule is CN(CCCC(C#N)(c1ccc(Cl)c(Cl)c1)C1CCCCC1)Cc1ccccc1. The van der Waals surface area contributed by atoms with E-state index >= 15 is 0 Å². The maximum absolute atomic E-state index is 10.4. The zero-order valence-electron chi connectivity index (χ0n) is 17.2. The minimum Gasteiger partial charge on any atom is -0.302 e. The molecular weight excluding hydrogens is 399 g/mol. The van der Waals surface area contributed by atoms with Gasteiger partial charge in [-0.05, 0) is 68.5 Å². The van der Waals surface area contributed by atoms with Crippen molar-refractivity contribution in [3.63, 3.8) is 0 Å². The van der Waals surface area contributed by atoms with Gasteiger partial charge in [0, 0.05) is 6.54 Å². The standard InChI is InChI=1S/C25H30Cl2N2/c1-29(18-20-9-4-2-5-10-20)16-8-15-25(19-28,21-11-6-3-7-12-21)22-13-14-23(26)24(27)17-22/h2,4-5,9-10,13-14,17,21H,3,6-8,11-12,15-16,18H2,1H3. The smallest absolute Gasteiger partial charge is 0.0851 e. The Balaban J connectivity index is 1.74. The van der Waals surface area contributed by atoms with E-state index in [1.807, 2.05) is 24.3 Å². The van der Waals surface area contributed by atoms with Crippen molar-refractivity contribution in [1.29, 1.82) is 5.26 Å². The van der Waals surface area contributed by atoms with Gasteiger partial charge in [0.15, 0.2) is 0 Å². The lowest BCUT2D eigenvalue weighted by Gasteiger charge is -2.38. The fourth-order valence-electron chi connectivity index (χ4n) is 4.77. The Labute approximate surface area is 185 Å². The van der Waals surface area contributed by atoms with Crippen molar-refractivity contribution in [3.8, 4) is 6.07 Å². The first-order valence-corrected chi connectivity index (χ1v) is 11.4. The molecule has 3 rings (SSSR count). The van der Waals surface area contributed by atoms with E-state index in [2.05, 4.69) is 42.3 Å². The Morgan fingerprint density at radius 1 is 1.03 bits per heavy atom. The second-order valence-electron chi connectivity index (χ2n) is 8.37. The van der Waals surface area contributed by atoms with Gasteiger partial charge in [-0.25, -0.2) is 0 Å². The molecule has 1 saturated carbocycles. The van der Waals surface area contributed by atoms with Crippen LogP contribution in [-0.2, 0) is 12.0 Å². The van der Waals surface area contributed by atoms with Gasteiger partial charge in [0.05, 0.1) is 21.5 Å². The van der Waals surface area contributed by atoms with Gasteiger partial charge in [-0.2, -0.15) is 5.26 Å². The van der Waals surface area contributed by atoms with E-state index in [0.717, 1.165) is 44.3 Å². The highest BCUT2D eigenvalue weighted by atomic mass is 35.5. The highest BCUT2D eigenvalue weighted by Crippen LogP contribution is 2.45. The van der Waals surface area contributed by atoms with Gasteiger partial charge < -0.3 is 4.90 Å². The largest absolute Gasteiger partial charge is 0.302 e. The maximum Gasteiger partial charge on any atom is 0.0851 e. The lowest BCUT2D eigenvalue weighted by molar-refractivity contribution is 0.223. The number of hydrogen-bond acceptors (Lipinski definition) is 2. The van der Waals surface area contributed by atoms with E-state index < -0.39 is 5.41 Å². The first-order chi connectivity index (χ1) is 14.0. The summed E-state index contributed by atoms with van der Waals surface area (Å²) < 4.78 is 0. The highest BCUT2D eigenvalue weighted by Gasteiger charge is 2.41. The molecule has 0 saturated heterocycles. The second kappa shape index (κ2) is 10.5. The van der Waals surface area contributed by atoms with E-state index in [0.29, 0.717) is 16.0 Å². The van der Waals surface area contributed by atoms with Crippen LogP contribution in [0.15, 0.2) is 48.5 Å². The summed E-state index contributed by atoms with van der Waals surface area (Å²) >= 11 is 12.5. The number of benzene rings is 2. The first-order valence-electron chi connectivity index (χ1n) is 10.6. The molecule has 2 aromatic rings. The molecule has 0 spiro atoms. The van der Waals surface area contributed by atoms with Gasteiger partial charge in [-0.15, -0.1) is 0 Å². The van der Waals surface area contributed by atoms with Crippen LogP contribution in [-0.4, -0.2) is 18.5 Å². The average Bonchev–Trinajstić information content (AvgIpc) is 2.75. The maximum atomic E-state index is 10.4. The van der Waals surface area contributed by atoms with Crippen LogP contribution in [0.2, 0.25) is 10.0 Å². The molecule has 1 unspecified atom stereocenters. The van der Waals surface area contributed by atoms with Gasteiger partial charge in [-0.3, -0.25) is 0 Å². The Bertz CT molecular complexity index is 824. The van der Waals surface area contributed by atoms with Gasteiger partial charge >= 0.3 is 0 Å². The molecule has 1 aliphatic carbocycles. The number of halogens is 2. The number of hydrogen-bond donors (Lipinski definition) is 0. The van der Waals surface area contributed by atoms with Crippen molar-refractivity contribution < 1.29 is 0 Å². The fraction of sp³-hybridized carbons (Fsp3) is 0.480. The molecule has 0 N–H and O–H groups in total. The zero-order chi connectivity index (χ0) is 20.7. The van der Waals surface area contributed by atoms with E-state index in [1.54, 1.807) is 0 Å². The fourth-order valence-corrected chi connectivity index (χ4v) is 5.06. The molecule has 0 aromatic heterocycles. The normalized spacial score (nSPS) is 17.1. The van der Waals surface area contributed by atoms with Gasteiger partial charge in [0.1, 0.15) is 0 Å². The Morgan fingerprint density at radius 2 is 1.76 bits per heavy atom. The lowest BCUT2D eigenvalue weighted by Crippen LogP contribution is -2.36. The van der Waals surface area contributed by atoms with Crippen LogP contribution in [0.4, 0.5) is 0 Å². The predicted molar refractivity (Wildman–Crippen MR) is 122 cm³/mol. The van der Waals surface area contributed by atoms with Crippen molar-refractivity contribution in [2.24, 2.45) is 5.92 Å². The predicted octanol–water partition coefficient (Wildman–Crippen LogP) is 7.25. The third-order valence-electron chi connectivity index (χ3n) is 6.34. The van der Waals surface area contributed by atoms with Crippen LogP contribution in [0.1, 0.15) is 56.1 Å². The van der Waals surface area contributed by atoms with Crippen LogP contribution >= 0.6 is 23.2 Å². The van der Waals surface area contributed by atoms with Crippen LogP contribution in [0.25, 0.3) is 0 Å². The van der Waals surface area contributed by atoms with Crippen LogP contribution in [0.5, 0.6) is 0 Å². The van der Waals surface area contributed by atoms with Crippen molar-refractivity contribution >= 4 is 23.2 Å². The molecule has 1 fully saturated rings. The molecule has 29 heavy (non-hydrogen) atoms. The third kappa shape index (κ3) is 5.54. The summed E-state index contributed by atoms with van der Waals surface area (Å²) in [5.41, 5.74) is 1.87. The molecule has 2 nitrogen and oxygen atoms in total. The van der Waals surface area contributed by atoms with Gasteiger partial charge in [0.2, 0.25) is 0 Å². The monoisotopic (exact) mass is 428 g/mol. The third-order valence-corrected chi connectivity index (χ3v) is 7.08. The van der Waals surface area contributed by atoms with Crippen LogP contribution in [0, 0.1) is 17.2 Å². The van der Waals surface area contributed by atoms with Crippen molar-refractivity contribution in [1.82, 2.24) is 4.90 Å². The van der Waals surface area contributed by atoms with Gasteiger partial charge in [-0.1, -0.05) is 78.9 Å². The molecule has 0 bridgehead atoms. The lowest BCUT2D eigenvalue weighted by atomic mass is 9.63. The summed E-state index contributed by atoms with van der Waals surface area (Å²) in [5, 5.41) is 11.5. The molecule has 1 aliphatic rings. The Kier molecular flexibility index (Phi) is 8.01. The zero-order valence-corrected chi connectivity index (χ0v) is 18.7. The van der Waals surface area contributed by atoms with Crippen molar-refractivity contribution in [2.75, 3.05) is 13.6 Å². The first kappa shape index (κ1) is 22.2. The van der Waals surface area contributed by atoms with E-state index in [1.165, 1.54) is 24.8 Å². The molecule has 0 heterocycles. The van der Waals surface area contributed by atoms with Crippen LogP contribution in [0.3, 0.4) is 0 Å². The number of nitrogens with zero attached hydrogens (tertiary/aromatic N) is 2. The summed E-state index contributed by atoms with van der Waals surface area (Å²) in [5.74, 6) is 0.387. The van der Waals surface area contributed by atoms with Crippen molar-refractivity contribution in [2.45, 2.75) is 56.9 Å². The molecule has 0 amide bonds. The summed E-state index contributed by atoms with van der Waals surface area (Å²) in [6.07, 6.45) is 7.77. The van der Waals surface area contributed by atoms with E-state index in [9.17, 15) is 5.26 Å². The minimum atomic E-state index is -0.484. The quantitative estimate of drug-likeness (QED) is 0.442. The van der Waals surface area contributed by atoms with E-state index in [4.69, 9.17) is 23.2 Å². The topological polar surface area (TPSA) is 27.0 Å². The van der Waals surface area contributed by atoms with Gasteiger partial charge in [0.25, 0.3) is 0 Å². The molecule has 0 radical (unpaired) electrons. The molecule has 2 aromatic carbocycles. The Hall–Kier alpha value is -1.53. The summed E-state index contributed by atoms with van der Waals surface area (Å²) in [6, 6.07) is 19.1. The summed E-state index contributed by atoms with van der Waals surface area (Å²) in [6.45, 7) is 1.89. The molecule has 1 atom stereocenters. The molecular formula is C25H30Cl2N2. The van der Waals surface area contributed by atoms with E-state index in [-0.39, 0.29) is 0 Å². The number of rotatable bonds is 8. The van der Waals surface area contributed by atoms with Crippen LogP contribution < -0.4 is 0 Å². The Morgan fingerprint density at radius 3 is 2.41 bits per heavy atom. The average molecular weight is 429 g/mol. The number of nitriles is 1. The minimum absolute atomic E-state index is 0.387. The highest BCUT2D eigenvalue weighted by molar-refractivity contribution is 6.42. The summed E-state index contributed by atoms with van der Waals surface area (Å²) in [4.78, 5) is 2.34. The van der Waals surface area contributed by atoms with Crippen molar-refractivity contribution in [3.05, 3.63) is 69.7 Å². The molecule has 4 heteroatoms. The summed E-state index contributed by atoms with van der Waals surface area (Å²) in [7, 11) is 2.15. The molecule has 154 valence electrons. The second-order valence-corrected chi connectivity index (χ2v) is 9.19.